The van der Waals surface area contributed by atoms with Crippen molar-refractivity contribution in [2.75, 3.05) is 32.8 Å². The first kappa shape index (κ1) is 23.0. The van der Waals surface area contributed by atoms with Gasteiger partial charge < -0.3 is 14.7 Å². The second-order valence-electron chi connectivity index (χ2n) is 8.93. The Morgan fingerprint density at radius 3 is 2.88 bits per heavy atom. The zero-order valence-corrected chi connectivity index (χ0v) is 19.5. The van der Waals surface area contributed by atoms with Gasteiger partial charge in [0.15, 0.2) is 0 Å². The Balaban J connectivity index is 1.43. The maximum Gasteiger partial charge on any atom is 0.237 e. The first-order chi connectivity index (χ1) is 15.6. The van der Waals surface area contributed by atoms with Crippen LogP contribution >= 0.6 is 11.3 Å². The third kappa shape index (κ3) is 6.21. The summed E-state index contributed by atoms with van der Waals surface area (Å²) in [6.45, 7) is 6.69. The maximum absolute atomic E-state index is 13.5. The SMILES string of the molecule is C=CCCC(O)CN(CC(=O)N1CCc2sccc2C1COc1ccccc1)CC1CC1. The lowest BCUT2D eigenvalue weighted by atomic mass is 10.0. The van der Waals surface area contributed by atoms with E-state index in [0.29, 0.717) is 38.6 Å². The van der Waals surface area contributed by atoms with Crippen LogP contribution in [-0.4, -0.2) is 59.7 Å². The normalized spacial score (nSPS) is 18.9. The predicted molar refractivity (Wildman–Crippen MR) is 129 cm³/mol. The molecule has 2 atom stereocenters. The number of nitrogens with zero attached hydrogens (tertiary/aromatic N) is 2. The van der Waals surface area contributed by atoms with Gasteiger partial charge in [0.1, 0.15) is 12.4 Å². The summed E-state index contributed by atoms with van der Waals surface area (Å²) in [5.41, 5.74) is 1.21. The van der Waals surface area contributed by atoms with Gasteiger partial charge in [0, 0.05) is 24.5 Å². The van der Waals surface area contributed by atoms with E-state index in [1.165, 1.54) is 23.3 Å². The molecule has 0 bridgehead atoms. The van der Waals surface area contributed by atoms with Crippen molar-refractivity contribution in [2.45, 2.75) is 44.2 Å². The fraction of sp³-hybridized carbons (Fsp3) is 0.500. The molecular weight excluding hydrogens is 420 g/mol. The van der Waals surface area contributed by atoms with E-state index >= 15 is 0 Å². The number of allylic oxidation sites excluding steroid dienone is 1. The van der Waals surface area contributed by atoms with Gasteiger partial charge in [-0.05, 0) is 67.2 Å². The van der Waals surface area contributed by atoms with E-state index in [0.717, 1.165) is 25.1 Å². The lowest BCUT2D eigenvalue weighted by Gasteiger charge is -2.37. The van der Waals surface area contributed by atoms with Crippen LogP contribution in [-0.2, 0) is 11.2 Å². The van der Waals surface area contributed by atoms with Crippen molar-refractivity contribution in [2.24, 2.45) is 5.92 Å². The molecule has 1 fully saturated rings. The molecule has 0 saturated heterocycles. The van der Waals surface area contributed by atoms with E-state index < -0.39 is 6.10 Å². The molecule has 6 heteroatoms. The standard InChI is InChI=1S/C26H34N2O3S/c1-2-3-7-21(29)17-27(16-20-10-11-20)18-26(30)28-14-12-25-23(13-15-32-25)24(28)19-31-22-8-5-4-6-9-22/h2,4-6,8-9,13,15,20-21,24,29H,1,3,7,10-12,14,16-19H2. The minimum absolute atomic E-state index is 0.0776. The average Bonchev–Trinajstić information content (AvgIpc) is 3.48. The number of hydrogen-bond donors (Lipinski definition) is 1. The molecule has 1 aliphatic carbocycles. The van der Waals surface area contributed by atoms with Crippen molar-refractivity contribution < 1.29 is 14.6 Å². The zero-order chi connectivity index (χ0) is 22.3. The lowest BCUT2D eigenvalue weighted by molar-refractivity contribution is -0.136. The summed E-state index contributed by atoms with van der Waals surface area (Å²) in [5.74, 6) is 1.61. The van der Waals surface area contributed by atoms with Gasteiger partial charge in [0.25, 0.3) is 0 Å². The van der Waals surface area contributed by atoms with Crippen molar-refractivity contribution in [1.29, 1.82) is 0 Å². The van der Waals surface area contributed by atoms with Crippen LogP contribution in [0.1, 0.15) is 42.2 Å². The third-order valence-electron chi connectivity index (χ3n) is 6.31. The number of ether oxygens (including phenoxy) is 1. The van der Waals surface area contributed by atoms with E-state index in [1.54, 1.807) is 11.3 Å². The topological polar surface area (TPSA) is 53.0 Å². The Hall–Kier alpha value is -2.15. The first-order valence-corrected chi connectivity index (χ1v) is 12.6. The van der Waals surface area contributed by atoms with Crippen LogP contribution in [0.2, 0.25) is 0 Å². The molecule has 0 spiro atoms. The molecule has 172 valence electrons. The molecule has 1 aromatic carbocycles. The van der Waals surface area contributed by atoms with Crippen LogP contribution in [0.5, 0.6) is 5.75 Å². The second kappa shape index (κ2) is 11.1. The molecule has 2 unspecified atom stereocenters. The maximum atomic E-state index is 13.5. The Morgan fingerprint density at radius 2 is 2.12 bits per heavy atom. The van der Waals surface area contributed by atoms with E-state index in [1.807, 2.05) is 41.3 Å². The van der Waals surface area contributed by atoms with Gasteiger partial charge >= 0.3 is 0 Å². The molecule has 2 aliphatic rings. The molecule has 1 amide bonds. The number of thiophene rings is 1. The number of rotatable bonds is 12. The average molecular weight is 455 g/mol. The van der Waals surface area contributed by atoms with Crippen molar-refractivity contribution in [1.82, 2.24) is 9.80 Å². The molecule has 32 heavy (non-hydrogen) atoms. The van der Waals surface area contributed by atoms with E-state index in [4.69, 9.17) is 4.74 Å². The highest BCUT2D eigenvalue weighted by Crippen LogP contribution is 2.34. The minimum atomic E-state index is -0.429. The molecular formula is C26H34N2O3S. The van der Waals surface area contributed by atoms with Crippen LogP contribution in [0.3, 0.4) is 0 Å². The first-order valence-electron chi connectivity index (χ1n) is 11.7. The number of aliphatic hydroxyl groups excluding tert-OH is 1. The third-order valence-corrected chi connectivity index (χ3v) is 7.31. The molecule has 1 saturated carbocycles. The molecule has 1 aliphatic heterocycles. The Bertz CT molecular complexity index is 880. The van der Waals surface area contributed by atoms with E-state index in [-0.39, 0.29) is 11.9 Å². The highest BCUT2D eigenvalue weighted by molar-refractivity contribution is 7.10. The van der Waals surface area contributed by atoms with Crippen LogP contribution in [0.15, 0.2) is 54.4 Å². The second-order valence-corrected chi connectivity index (χ2v) is 9.93. The molecule has 2 aromatic rings. The fourth-order valence-corrected chi connectivity index (χ4v) is 5.35. The molecule has 0 radical (unpaired) electrons. The number of fused-ring (bicyclic) bond motifs is 1. The minimum Gasteiger partial charge on any atom is -0.491 e. The predicted octanol–water partition coefficient (Wildman–Crippen LogP) is 4.29. The van der Waals surface area contributed by atoms with Crippen molar-refractivity contribution in [3.63, 3.8) is 0 Å². The number of aliphatic hydroxyl groups is 1. The van der Waals surface area contributed by atoms with Gasteiger partial charge in [-0.1, -0.05) is 24.3 Å². The summed E-state index contributed by atoms with van der Waals surface area (Å²) in [6.07, 6.45) is 6.23. The van der Waals surface area contributed by atoms with Gasteiger partial charge in [0.2, 0.25) is 5.91 Å². The number of amides is 1. The van der Waals surface area contributed by atoms with Crippen LogP contribution in [0.25, 0.3) is 0 Å². The smallest absolute Gasteiger partial charge is 0.237 e. The van der Waals surface area contributed by atoms with Gasteiger partial charge in [-0.2, -0.15) is 0 Å². The number of hydrogen-bond acceptors (Lipinski definition) is 5. The van der Waals surface area contributed by atoms with Crippen LogP contribution < -0.4 is 4.74 Å². The highest BCUT2D eigenvalue weighted by atomic mass is 32.1. The number of benzene rings is 1. The zero-order valence-electron chi connectivity index (χ0n) is 18.7. The number of carbonyl (C=O) groups excluding carboxylic acids is 1. The van der Waals surface area contributed by atoms with Crippen LogP contribution in [0.4, 0.5) is 0 Å². The Kier molecular flexibility index (Phi) is 8.00. The molecule has 5 nitrogen and oxygen atoms in total. The molecule has 2 heterocycles. The fourth-order valence-electron chi connectivity index (χ4n) is 4.42. The van der Waals surface area contributed by atoms with E-state index in [2.05, 4.69) is 22.9 Å². The number of carbonyl (C=O) groups is 1. The summed E-state index contributed by atoms with van der Waals surface area (Å²) >= 11 is 1.77. The van der Waals surface area contributed by atoms with Crippen LogP contribution in [0, 0.1) is 5.92 Å². The van der Waals surface area contributed by atoms with Crippen molar-refractivity contribution in [3.8, 4) is 5.75 Å². The van der Waals surface area contributed by atoms with E-state index in [9.17, 15) is 9.90 Å². The molecule has 1 N–H and O–H groups in total. The quantitative estimate of drug-likeness (QED) is 0.486. The van der Waals surface area contributed by atoms with Gasteiger partial charge in [-0.15, -0.1) is 17.9 Å². The highest BCUT2D eigenvalue weighted by Gasteiger charge is 2.34. The Labute approximate surface area is 195 Å². The summed E-state index contributed by atoms with van der Waals surface area (Å²) in [5, 5.41) is 12.6. The van der Waals surface area contributed by atoms with Crippen molar-refractivity contribution >= 4 is 17.2 Å². The largest absolute Gasteiger partial charge is 0.491 e. The van der Waals surface area contributed by atoms with Gasteiger partial charge in [-0.25, -0.2) is 0 Å². The molecule has 1 aromatic heterocycles. The summed E-state index contributed by atoms with van der Waals surface area (Å²) in [6, 6.07) is 11.9. The van der Waals surface area contributed by atoms with Gasteiger partial charge in [-0.3, -0.25) is 9.69 Å². The summed E-state index contributed by atoms with van der Waals surface area (Å²) in [7, 11) is 0. The van der Waals surface area contributed by atoms with Gasteiger partial charge in [0.05, 0.1) is 18.7 Å². The van der Waals surface area contributed by atoms with Crippen molar-refractivity contribution in [3.05, 3.63) is 64.9 Å². The monoisotopic (exact) mass is 454 g/mol. The Morgan fingerprint density at radius 1 is 1.31 bits per heavy atom. The summed E-state index contributed by atoms with van der Waals surface area (Å²) in [4.78, 5) is 19.0. The lowest BCUT2D eigenvalue weighted by Crippen LogP contribution is -2.48. The number of para-hydroxylation sites is 1. The molecule has 4 rings (SSSR count). The summed E-state index contributed by atoms with van der Waals surface area (Å²) < 4.78 is 6.09.